The van der Waals surface area contributed by atoms with Crippen molar-refractivity contribution in [2.24, 2.45) is 17.4 Å². The van der Waals surface area contributed by atoms with Crippen molar-refractivity contribution in [1.82, 2.24) is 9.97 Å². The molecule has 98 valence electrons. The van der Waals surface area contributed by atoms with Crippen LogP contribution in [0.2, 0.25) is 0 Å². The van der Waals surface area contributed by atoms with E-state index in [9.17, 15) is 14.4 Å². The van der Waals surface area contributed by atoms with Crippen molar-refractivity contribution >= 4 is 17.7 Å². The standard InChI is InChI=1S/C10H14N4O4/c1-4(8(12)16)7(15)9-13-3-5(14-9)2-6(11)10(17)18/h3-4,6H,2,11H2,1H3,(H2,12,16)(H,13,14)(H,17,18). The fraction of sp³-hybridized carbons (Fsp3) is 0.400. The average molecular weight is 254 g/mol. The number of nitrogens with two attached hydrogens (primary N) is 2. The van der Waals surface area contributed by atoms with E-state index in [1.54, 1.807) is 0 Å². The predicted octanol–water partition coefficient (Wildman–Crippen LogP) is -1.33. The monoisotopic (exact) mass is 254 g/mol. The van der Waals surface area contributed by atoms with Gasteiger partial charge in [-0.15, -0.1) is 0 Å². The van der Waals surface area contributed by atoms with Crippen molar-refractivity contribution in [2.75, 3.05) is 0 Å². The second-order valence-corrected chi connectivity index (χ2v) is 3.89. The van der Waals surface area contributed by atoms with Gasteiger partial charge in [-0.1, -0.05) is 0 Å². The number of carbonyl (C=O) groups excluding carboxylic acids is 2. The van der Waals surface area contributed by atoms with Gasteiger partial charge in [0.15, 0.2) is 5.82 Å². The van der Waals surface area contributed by atoms with E-state index in [0.717, 1.165) is 0 Å². The summed E-state index contributed by atoms with van der Waals surface area (Å²) in [5.74, 6) is -3.47. The molecule has 0 aliphatic carbocycles. The number of carboxylic acid groups (broad SMARTS) is 1. The molecular formula is C10H14N4O4. The average Bonchev–Trinajstić information content (AvgIpc) is 2.75. The Balaban J connectivity index is 2.77. The van der Waals surface area contributed by atoms with Crippen molar-refractivity contribution < 1.29 is 19.5 Å². The zero-order valence-corrected chi connectivity index (χ0v) is 9.71. The highest BCUT2D eigenvalue weighted by atomic mass is 16.4. The molecule has 0 fully saturated rings. The molecule has 1 aromatic heterocycles. The minimum atomic E-state index is -1.15. The molecule has 6 N–H and O–H groups in total. The summed E-state index contributed by atoms with van der Waals surface area (Å²) in [7, 11) is 0. The minimum Gasteiger partial charge on any atom is -0.480 e. The maximum atomic E-state index is 11.7. The van der Waals surface area contributed by atoms with E-state index in [1.165, 1.54) is 13.1 Å². The maximum Gasteiger partial charge on any atom is 0.320 e. The maximum absolute atomic E-state index is 11.7. The summed E-state index contributed by atoms with van der Waals surface area (Å²) in [6, 6.07) is -1.08. The molecule has 0 saturated heterocycles. The van der Waals surface area contributed by atoms with Crippen molar-refractivity contribution in [2.45, 2.75) is 19.4 Å². The summed E-state index contributed by atoms with van der Waals surface area (Å²) in [6.45, 7) is 1.37. The van der Waals surface area contributed by atoms with Gasteiger partial charge in [0.25, 0.3) is 0 Å². The fourth-order valence-electron chi connectivity index (χ4n) is 1.25. The van der Waals surface area contributed by atoms with Crippen LogP contribution in [0.4, 0.5) is 0 Å². The Bertz CT molecular complexity index is 482. The van der Waals surface area contributed by atoms with Crippen LogP contribution in [0.5, 0.6) is 0 Å². The first kappa shape index (κ1) is 13.8. The molecule has 0 bridgehead atoms. The Labute approximate surface area is 102 Å². The summed E-state index contributed by atoms with van der Waals surface area (Å²) >= 11 is 0. The number of rotatable bonds is 6. The van der Waals surface area contributed by atoms with Gasteiger partial charge in [0, 0.05) is 18.3 Å². The number of aromatic amines is 1. The summed E-state index contributed by atoms with van der Waals surface area (Å²) in [4.78, 5) is 39.5. The summed E-state index contributed by atoms with van der Waals surface area (Å²) < 4.78 is 0. The highest BCUT2D eigenvalue weighted by Gasteiger charge is 2.23. The van der Waals surface area contributed by atoms with E-state index in [0.29, 0.717) is 5.69 Å². The third kappa shape index (κ3) is 3.14. The number of aliphatic carboxylic acids is 1. The molecule has 0 aromatic carbocycles. The van der Waals surface area contributed by atoms with Gasteiger partial charge in [-0.3, -0.25) is 14.4 Å². The second-order valence-electron chi connectivity index (χ2n) is 3.89. The Morgan fingerprint density at radius 1 is 1.50 bits per heavy atom. The topological polar surface area (TPSA) is 152 Å². The summed E-state index contributed by atoms with van der Waals surface area (Å²) in [6.07, 6.45) is 1.32. The van der Waals surface area contributed by atoms with Crippen LogP contribution in [0.25, 0.3) is 0 Å². The zero-order chi connectivity index (χ0) is 13.9. The van der Waals surface area contributed by atoms with E-state index in [4.69, 9.17) is 16.6 Å². The van der Waals surface area contributed by atoms with Crippen LogP contribution in [0.1, 0.15) is 23.2 Å². The molecule has 0 saturated carbocycles. The number of aromatic nitrogens is 2. The van der Waals surface area contributed by atoms with Gasteiger partial charge in [-0.2, -0.15) is 0 Å². The fourth-order valence-corrected chi connectivity index (χ4v) is 1.25. The number of nitrogens with one attached hydrogen (secondary N) is 1. The molecule has 2 unspecified atom stereocenters. The molecule has 2 atom stereocenters. The number of amides is 1. The highest BCUT2D eigenvalue weighted by molar-refractivity contribution is 6.07. The largest absolute Gasteiger partial charge is 0.480 e. The lowest BCUT2D eigenvalue weighted by molar-refractivity contribution is -0.138. The molecule has 0 aliphatic heterocycles. The molecule has 8 heteroatoms. The van der Waals surface area contributed by atoms with Crippen molar-refractivity contribution in [3.63, 3.8) is 0 Å². The number of H-pyrrole nitrogens is 1. The van der Waals surface area contributed by atoms with Gasteiger partial charge in [-0.05, 0) is 6.92 Å². The van der Waals surface area contributed by atoms with Crippen molar-refractivity contribution in [1.29, 1.82) is 0 Å². The van der Waals surface area contributed by atoms with E-state index in [1.807, 2.05) is 0 Å². The van der Waals surface area contributed by atoms with Crippen LogP contribution in [0.15, 0.2) is 6.20 Å². The molecule has 1 aromatic rings. The van der Waals surface area contributed by atoms with Gasteiger partial charge >= 0.3 is 5.97 Å². The molecule has 18 heavy (non-hydrogen) atoms. The number of ketones is 1. The van der Waals surface area contributed by atoms with Crippen LogP contribution in [0.3, 0.4) is 0 Å². The van der Waals surface area contributed by atoms with E-state index < -0.39 is 29.6 Å². The highest BCUT2D eigenvalue weighted by Crippen LogP contribution is 2.07. The number of hydrogen-bond acceptors (Lipinski definition) is 5. The smallest absolute Gasteiger partial charge is 0.320 e. The van der Waals surface area contributed by atoms with Gasteiger partial charge < -0.3 is 21.6 Å². The molecule has 8 nitrogen and oxygen atoms in total. The lowest BCUT2D eigenvalue weighted by atomic mass is 10.1. The number of hydrogen-bond donors (Lipinski definition) is 4. The molecule has 0 radical (unpaired) electrons. The van der Waals surface area contributed by atoms with E-state index in [-0.39, 0.29) is 12.2 Å². The third-order valence-electron chi connectivity index (χ3n) is 2.44. The summed E-state index contributed by atoms with van der Waals surface area (Å²) in [5, 5.41) is 8.63. The van der Waals surface area contributed by atoms with E-state index in [2.05, 4.69) is 9.97 Å². The van der Waals surface area contributed by atoms with Gasteiger partial charge in [-0.25, -0.2) is 4.98 Å². The number of primary amides is 1. The first-order valence-corrected chi connectivity index (χ1v) is 5.18. The molecule has 0 aliphatic rings. The zero-order valence-electron chi connectivity index (χ0n) is 9.71. The van der Waals surface area contributed by atoms with Crippen LogP contribution in [-0.4, -0.2) is 38.8 Å². The number of carbonyl (C=O) groups is 3. The van der Waals surface area contributed by atoms with E-state index >= 15 is 0 Å². The molecule has 1 amide bonds. The number of nitrogens with zero attached hydrogens (tertiary/aromatic N) is 1. The third-order valence-corrected chi connectivity index (χ3v) is 2.44. The normalized spacial score (nSPS) is 13.9. The van der Waals surface area contributed by atoms with Crippen molar-refractivity contribution in [3.8, 4) is 0 Å². The number of imidazole rings is 1. The van der Waals surface area contributed by atoms with Crippen molar-refractivity contribution in [3.05, 3.63) is 17.7 Å². The Morgan fingerprint density at radius 3 is 2.61 bits per heavy atom. The molecule has 0 spiro atoms. The minimum absolute atomic E-state index is 0.0145. The first-order valence-electron chi connectivity index (χ1n) is 5.18. The Kier molecular flexibility index (Phi) is 4.16. The quantitative estimate of drug-likeness (QED) is 0.364. The predicted molar refractivity (Wildman–Crippen MR) is 60.6 cm³/mol. The number of carboxylic acids is 1. The van der Waals surface area contributed by atoms with Crippen LogP contribution in [-0.2, 0) is 16.0 Å². The van der Waals surface area contributed by atoms with Crippen LogP contribution in [0, 0.1) is 5.92 Å². The van der Waals surface area contributed by atoms with Gasteiger partial charge in [0.2, 0.25) is 11.7 Å². The lowest BCUT2D eigenvalue weighted by Crippen LogP contribution is -2.32. The SMILES string of the molecule is CC(C(N)=O)C(=O)c1ncc(CC(N)C(=O)O)[nH]1. The second kappa shape index (κ2) is 5.41. The Morgan fingerprint density at radius 2 is 2.11 bits per heavy atom. The lowest BCUT2D eigenvalue weighted by Gasteiger charge is -2.04. The van der Waals surface area contributed by atoms with Gasteiger partial charge in [0.1, 0.15) is 12.0 Å². The summed E-state index contributed by atoms with van der Waals surface area (Å²) in [5.41, 5.74) is 10.7. The molecule has 1 rings (SSSR count). The van der Waals surface area contributed by atoms with Gasteiger partial charge in [0.05, 0.1) is 0 Å². The number of Topliss-reactive ketones (excluding diaryl/α,β-unsaturated/α-hetero) is 1. The van der Waals surface area contributed by atoms with Crippen LogP contribution < -0.4 is 11.5 Å². The van der Waals surface area contributed by atoms with Crippen LogP contribution >= 0.6 is 0 Å². The first-order chi connectivity index (χ1) is 8.32. The molecule has 1 heterocycles. The molecular weight excluding hydrogens is 240 g/mol. The Hall–Kier alpha value is -2.22.